The summed E-state index contributed by atoms with van der Waals surface area (Å²) in [7, 11) is 0.498. The molecule has 2 aromatic carbocycles. The Morgan fingerprint density at radius 2 is 1.51 bits per heavy atom. The summed E-state index contributed by atoms with van der Waals surface area (Å²) in [5.74, 6) is -1.37. The summed E-state index contributed by atoms with van der Waals surface area (Å²) in [6.07, 6.45) is 2.57. The average Bonchev–Trinajstić information content (AvgIpc) is 2.85. The lowest BCUT2D eigenvalue weighted by Crippen LogP contribution is -2.66. The van der Waals surface area contributed by atoms with Crippen LogP contribution in [0.1, 0.15) is 33.6 Å². The Hall–Kier alpha value is -3.43. The van der Waals surface area contributed by atoms with E-state index in [0.717, 1.165) is 10.4 Å². The maximum Gasteiger partial charge on any atom is 0.407 e. The van der Waals surface area contributed by atoms with Crippen molar-refractivity contribution in [2.75, 3.05) is 27.3 Å². The lowest BCUT2D eigenvalue weighted by molar-refractivity contribution is -0.139. The first-order chi connectivity index (χ1) is 17.5. The summed E-state index contributed by atoms with van der Waals surface area (Å²) in [6, 6.07) is 19.1. The van der Waals surface area contributed by atoms with Crippen LogP contribution in [0.2, 0.25) is 5.04 Å². The number of carboxylic acids is 1. The van der Waals surface area contributed by atoms with Gasteiger partial charge < -0.3 is 24.5 Å². The Morgan fingerprint density at radius 1 is 0.973 bits per heavy atom. The molecule has 0 aliphatic carbocycles. The van der Waals surface area contributed by atoms with Crippen LogP contribution >= 0.6 is 0 Å². The molecule has 0 saturated heterocycles. The van der Waals surface area contributed by atoms with Gasteiger partial charge in [0, 0.05) is 14.1 Å². The number of likely N-dealkylation sites (N-methyl/N-ethyl adjacent to an activating group) is 1. The average molecular weight is 527 g/mol. The minimum absolute atomic E-state index is 0.0279. The van der Waals surface area contributed by atoms with E-state index in [-0.39, 0.29) is 30.6 Å². The Kier molecular flexibility index (Phi) is 11.1. The van der Waals surface area contributed by atoms with Gasteiger partial charge in [0.15, 0.2) is 0 Å². The van der Waals surface area contributed by atoms with Gasteiger partial charge in [0.05, 0.1) is 6.61 Å². The number of hydrogen-bond donors (Lipinski definition) is 2. The number of amides is 2. The highest BCUT2D eigenvalue weighted by molar-refractivity contribution is 6.99. The summed E-state index contributed by atoms with van der Waals surface area (Å²) < 4.78 is 11.9. The molecule has 200 valence electrons. The van der Waals surface area contributed by atoms with Gasteiger partial charge in [0.2, 0.25) is 5.91 Å². The molecule has 0 heterocycles. The number of nitrogens with zero attached hydrogens (tertiary/aromatic N) is 1. The molecule has 0 fully saturated rings. The first-order valence-corrected chi connectivity index (χ1v) is 14.2. The van der Waals surface area contributed by atoms with Gasteiger partial charge in [0.25, 0.3) is 8.32 Å². The van der Waals surface area contributed by atoms with Crippen molar-refractivity contribution in [2.24, 2.45) is 0 Å². The molecule has 2 N–H and O–H groups in total. The predicted octanol–water partition coefficient (Wildman–Crippen LogP) is 3.17. The fraction of sp³-hybridized carbons (Fsp3) is 0.393. The maximum absolute atomic E-state index is 12.3. The number of nitrogens with one attached hydrogen (secondary N) is 1. The summed E-state index contributed by atoms with van der Waals surface area (Å²) in [5, 5.41) is 13.9. The number of carbonyl (C=O) groups is 3. The van der Waals surface area contributed by atoms with E-state index >= 15 is 0 Å². The number of ether oxygens (including phenoxy) is 1. The van der Waals surface area contributed by atoms with Crippen molar-refractivity contribution in [2.45, 2.75) is 44.7 Å². The third kappa shape index (κ3) is 8.29. The first kappa shape index (κ1) is 29.8. The highest BCUT2D eigenvalue weighted by atomic mass is 28.4. The zero-order chi connectivity index (χ0) is 27.5. The Labute approximate surface area is 220 Å². The van der Waals surface area contributed by atoms with Crippen LogP contribution in [0.5, 0.6) is 0 Å². The van der Waals surface area contributed by atoms with E-state index in [1.807, 2.05) is 36.4 Å². The van der Waals surface area contributed by atoms with E-state index < -0.39 is 26.4 Å². The van der Waals surface area contributed by atoms with Crippen LogP contribution in [0.3, 0.4) is 0 Å². The monoisotopic (exact) mass is 526 g/mol. The molecule has 2 aromatic rings. The molecule has 0 aliphatic heterocycles. The molecular weight excluding hydrogens is 488 g/mol. The number of allylic oxidation sites excluding steroid dienone is 1. The second kappa shape index (κ2) is 13.8. The molecule has 0 aromatic heterocycles. The second-order valence-corrected chi connectivity index (χ2v) is 14.2. The van der Waals surface area contributed by atoms with Crippen molar-refractivity contribution in [3.8, 4) is 0 Å². The molecule has 1 atom stereocenters. The Bertz CT molecular complexity index is 1010. The largest absolute Gasteiger partial charge is 0.480 e. The topological polar surface area (TPSA) is 105 Å². The van der Waals surface area contributed by atoms with Crippen molar-refractivity contribution < 1.29 is 28.7 Å². The van der Waals surface area contributed by atoms with Gasteiger partial charge in [-0.05, 0) is 34.3 Å². The number of carbonyl (C=O) groups excluding carboxylic acids is 2. The summed E-state index contributed by atoms with van der Waals surface area (Å²) in [6.45, 7) is 6.61. The van der Waals surface area contributed by atoms with E-state index in [1.165, 1.54) is 11.0 Å². The molecule has 9 heteroatoms. The van der Waals surface area contributed by atoms with E-state index in [0.29, 0.717) is 6.42 Å². The molecule has 0 radical (unpaired) electrons. The quantitative estimate of drug-likeness (QED) is 0.250. The van der Waals surface area contributed by atoms with Gasteiger partial charge in [-0.3, -0.25) is 4.79 Å². The molecule has 0 saturated carbocycles. The highest BCUT2D eigenvalue weighted by Gasteiger charge is 2.50. The molecule has 0 spiro atoms. The number of alkyl carbamates (subject to hydrolysis) is 1. The van der Waals surface area contributed by atoms with Crippen molar-refractivity contribution in [1.82, 2.24) is 10.2 Å². The van der Waals surface area contributed by atoms with Crippen molar-refractivity contribution in [3.05, 3.63) is 72.8 Å². The molecule has 0 bridgehead atoms. The zero-order valence-corrected chi connectivity index (χ0v) is 23.3. The van der Waals surface area contributed by atoms with Crippen LogP contribution in [-0.4, -0.2) is 69.6 Å². The van der Waals surface area contributed by atoms with Crippen LogP contribution in [0.4, 0.5) is 4.79 Å². The van der Waals surface area contributed by atoms with Crippen molar-refractivity contribution >= 4 is 36.7 Å². The van der Waals surface area contributed by atoms with E-state index in [2.05, 4.69) is 50.4 Å². The number of carboxylic acid groups (broad SMARTS) is 1. The molecular formula is C28H38N2O6Si. The van der Waals surface area contributed by atoms with Crippen molar-refractivity contribution in [1.29, 1.82) is 0 Å². The van der Waals surface area contributed by atoms with Crippen LogP contribution in [0.15, 0.2) is 72.8 Å². The highest BCUT2D eigenvalue weighted by Crippen LogP contribution is 2.36. The van der Waals surface area contributed by atoms with E-state index in [1.54, 1.807) is 20.2 Å². The van der Waals surface area contributed by atoms with Crippen molar-refractivity contribution in [3.63, 3.8) is 0 Å². The first-order valence-electron chi connectivity index (χ1n) is 12.3. The lowest BCUT2D eigenvalue weighted by Gasteiger charge is -2.43. The standard InChI is InChI=1S/C28H38N2O6Si/c1-28(2,3)37(22-14-8-6-9-15-22,23-16-10-7-11-17-23)36-21-20-35-27(34)29-24(26(32)33)18-12-13-19-25(31)30(4)5/h6-11,13-17,19,24H,12,18,20-21H2,1-5H3,(H,29,34)(H,32,33)/b19-13+/t24-/m0/s1. The summed E-state index contributed by atoms with van der Waals surface area (Å²) in [5.41, 5.74) is 0. The third-order valence-electron chi connectivity index (χ3n) is 5.97. The zero-order valence-electron chi connectivity index (χ0n) is 22.3. The summed E-state index contributed by atoms with van der Waals surface area (Å²) >= 11 is 0. The van der Waals surface area contributed by atoms with Gasteiger partial charge in [0.1, 0.15) is 12.6 Å². The van der Waals surface area contributed by atoms with Gasteiger partial charge in [-0.15, -0.1) is 0 Å². The second-order valence-electron chi connectivity index (χ2n) is 9.90. The van der Waals surface area contributed by atoms with Crippen LogP contribution in [-0.2, 0) is 18.8 Å². The number of rotatable bonds is 12. The van der Waals surface area contributed by atoms with Crippen LogP contribution in [0, 0.1) is 0 Å². The minimum Gasteiger partial charge on any atom is -0.480 e. The van der Waals surface area contributed by atoms with Gasteiger partial charge in [-0.1, -0.05) is 87.5 Å². The van der Waals surface area contributed by atoms with Gasteiger partial charge in [-0.2, -0.15) is 0 Å². The number of hydrogen-bond acceptors (Lipinski definition) is 5. The van der Waals surface area contributed by atoms with Gasteiger partial charge >= 0.3 is 12.1 Å². The fourth-order valence-electron chi connectivity index (χ4n) is 4.13. The number of aliphatic carboxylic acids is 1. The summed E-state index contributed by atoms with van der Waals surface area (Å²) in [4.78, 5) is 36.9. The molecule has 8 nitrogen and oxygen atoms in total. The Morgan fingerprint density at radius 3 is 1.97 bits per heavy atom. The predicted molar refractivity (Wildman–Crippen MR) is 147 cm³/mol. The molecule has 0 aliphatic rings. The SMILES string of the molecule is CN(C)C(=O)/C=C/CC[C@H](NC(=O)OCCO[Si](c1ccccc1)(c1ccccc1)C(C)(C)C)C(=O)O. The smallest absolute Gasteiger partial charge is 0.407 e. The van der Waals surface area contributed by atoms with E-state index in [9.17, 15) is 19.5 Å². The van der Waals surface area contributed by atoms with Crippen LogP contribution in [0.25, 0.3) is 0 Å². The Balaban J connectivity index is 2.03. The molecule has 2 amide bonds. The minimum atomic E-state index is -2.75. The fourth-order valence-corrected chi connectivity index (χ4v) is 8.67. The third-order valence-corrected chi connectivity index (χ3v) is 11.0. The van der Waals surface area contributed by atoms with Crippen LogP contribution < -0.4 is 15.7 Å². The number of benzene rings is 2. The molecule has 2 rings (SSSR count). The van der Waals surface area contributed by atoms with E-state index in [4.69, 9.17) is 9.16 Å². The maximum atomic E-state index is 12.3. The normalized spacial score (nSPS) is 12.7. The lowest BCUT2D eigenvalue weighted by atomic mass is 10.1. The molecule has 0 unspecified atom stereocenters. The van der Waals surface area contributed by atoms with Gasteiger partial charge in [-0.25, -0.2) is 9.59 Å². The molecule has 37 heavy (non-hydrogen) atoms.